The van der Waals surface area contributed by atoms with E-state index in [9.17, 15) is 9.59 Å². The number of pyridine rings is 1. The minimum absolute atomic E-state index is 0.0277. The number of carbonyl (C=O) groups excluding carboxylic acids is 1. The molecule has 5 rings (SSSR count). The van der Waals surface area contributed by atoms with Crippen molar-refractivity contribution in [1.82, 2.24) is 19.7 Å². The summed E-state index contributed by atoms with van der Waals surface area (Å²) in [4.78, 5) is 32.4. The minimum atomic E-state index is -0.191. The Morgan fingerprint density at radius 2 is 1.97 bits per heavy atom. The lowest BCUT2D eigenvalue weighted by atomic mass is 9.99. The summed E-state index contributed by atoms with van der Waals surface area (Å²) in [6, 6.07) is 12.5. The molecule has 1 aliphatic rings. The van der Waals surface area contributed by atoms with Gasteiger partial charge >= 0.3 is 0 Å². The van der Waals surface area contributed by atoms with Crippen LogP contribution in [0.3, 0.4) is 0 Å². The average Bonchev–Trinajstić information content (AvgIpc) is 3.10. The van der Waals surface area contributed by atoms with Crippen molar-refractivity contribution in [2.24, 2.45) is 5.92 Å². The monoisotopic (exact) mass is 420 g/mol. The number of likely N-dealkylation sites (tertiary alicyclic amines) is 1. The van der Waals surface area contributed by atoms with Gasteiger partial charge in [-0.2, -0.15) is 0 Å². The second-order valence-corrected chi connectivity index (χ2v) is 8.44. The molecule has 0 aliphatic carbocycles. The number of benzene rings is 2. The quantitative estimate of drug-likeness (QED) is 0.522. The molecule has 4 aromatic rings. The van der Waals surface area contributed by atoms with Gasteiger partial charge < -0.3 is 4.90 Å². The Balaban J connectivity index is 1.63. The van der Waals surface area contributed by atoms with Gasteiger partial charge in [0, 0.05) is 35.3 Å². The molecule has 0 unspecified atom stereocenters. The van der Waals surface area contributed by atoms with E-state index in [2.05, 4.69) is 17.0 Å². The first-order valence-corrected chi connectivity index (χ1v) is 10.5. The number of aromatic amines is 1. The van der Waals surface area contributed by atoms with Gasteiger partial charge in [0.05, 0.1) is 22.1 Å². The zero-order valence-electron chi connectivity index (χ0n) is 16.6. The minimum Gasteiger partial charge on any atom is -0.338 e. The lowest BCUT2D eigenvalue weighted by molar-refractivity contribution is 0.0683. The van der Waals surface area contributed by atoms with Crippen LogP contribution in [0.15, 0.2) is 53.5 Å². The van der Waals surface area contributed by atoms with Crippen molar-refractivity contribution in [2.45, 2.75) is 19.8 Å². The van der Waals surface area contributed by atoms with Gasteiger partial charge in [0.15, 0.2) is 0 Å². The number of nitrogens with one attached hydrogen (secondary N) is 1. The van der Waals surface area contributed by atoms with Gasteiger partial charge in [0.25, 0.3) is 11.5 Å². The lowest BCUT2D eigenvalue weighted by Crippen LogP contribution is -2.39. The fraction of sp³-hybridized carbons (Fsp3) is 0.261. The van der Waals surface area contributed by atoms with Crippen LogP contribution in [0, 0.1) is 5.92 Å². The Labute approximate surface area is 178 Å². The maximum absolute atomic E-state index is 13.1. The topological polar surface area (TPSA) is 71.0 Å². The highest BCUT2D eigenvalue weighted by atomic mass is 35.5. The summed E-state index contributed by atoms with van der Waals surface area (Å²) in [5.74, 6) is 0.543. The number of amides is 1. The molecule has 1 atom stereocenters. The number of aromatic nitrogens is 3. The number of halogens is 1. The van der Waals surface area contributed by atoms with Crippen LogP contribution in [-0.4, -0.2) is 38.7 Å². The molecule has 1 saturated heterocycles. The number of carbonyl (C=O) groups is 1. The Hall–Kier alpha value is -3.12. The van der Waals surface area contributed by atoms with E-state index in [1.807, 2.05) is 23.1 Å². The summed E-state index contributed by atoms with van der Waals surface area (Å²) >= 11 is 5.97. The normalized spacial score (nSPS) is 17.0. The predicted octanol–water partition coefficient (Wildman–Crippen LogP) is 4.39. The molecule has 0 bridgehead atoms. The molecule has 1 amide bonds. The molecule has 3 heterocycles. The van der Waals surface area contributed by atoms with Crippen molar-refractivity contribution in [1.29, 1.82) is 0 Å². The van der Waals surface area contributed by atoms with Crippen LogP contribution in [0.5, 0.6) is 0 Å². The van der Waals surface area contributed by atoms with Crippen LogP contribution >= 0.6 is 11.6 Å². The van der Waals surface area contributed by atoms with Gasteiger partial charge in [-0.15, -0.1) is 0 Å². The summed E-state index contributed by atoms with van der Waals surface area (Å²) in [5, 5.41) is 5.03. The number of hydrogen-bond acceptors (Lipinski definition) is 3. The summed E-state index contributed by atoms with van der Waals surface area (Å²) < 4.78 is 1.48. The first kappa shape index (κ1) is 18.9. The van der Waals surface area contributed by atoms with Crippen molar-refractivity contribution < 1.29 is 4.79 Å². The number of rotatable bonds is 2. The number of piperidine rings is 1. The third-order valence-electron chi connectivity index (χ3n) is 5.80. The van der Waals surface area contributed by atoms with E-state index < -0.39 is 0 Å². The third-order valence-corrected chi connectivity index (χ3v) is 6.05. The molecule has 2 aromatic carbocycles. The van der Waals surface area contributed by atoms with E-state index in [4.69, 9.17) is 11.6 Å². The number of hydrogen-bond donors (Lipinski definition) is 1. The number of H-pyrrole nitrogens is 1. The molecular weight excluding hydrogens is 400 g/mol. The van der Waals surface area contributed by atoms with Gasteiger partial charge in [0.2, 0.25) is 0 Å². The van der Waals surface area contributed by atoms with E-state index in [0.29, 0.717) is 33.1 Å². The molecule has 152 valence electrons. The van der Waals surface area contributed by atoms with E-state index in [-0.39, 0.29) is 11.5 Å². The number of nitrogens with zero attached hydrogens (tertiary/aromatic N) is 3. The Bertz CT molecular complexity index is 1320. The van der Waals surface area contributed by atoms with Crippen molar-refractivity contribution in [3.8, 4) is 5.69 Å². The molecule has 1 fully saturated rings. The van der Waals surface area contributed by atoms with Gasteiger partial charge in [0.1, 0.15) is 0 Å². The standard InChI is InChI=1S/C23H21ClN4O2/c1-14-3-2-10-27(13-14)22(29)15-4-9-20-18(11-15)21-19(12-25-20)23(30)28(26-21)17-7-5-16(24)6-8-17/h4-9,11-12,14,26H,2-3,10,13H2,1H3/t14-/m0/s1. The smallest absolute Gasteiger partial charge is 0.280 e. The fourth-order valence-electron chi connectivity index (χ4n) is 4.22. The molecule has 6 nitrogen and oxygen atoms in total. The van der Waals surface area contributed by atoms with E-state index in [0.717, 1.165) is 36.8 Å². The molecule has 0 radical (unpaired) electrons. The predicted molar refractivity (Wildman–Crippen MR) is 119 cm³/mol. The molecule has 0 spiro atoms. The molecule has 30 heavy (non-hydrogen) atoms. The largest absolute Gasteiger partial charge is 0.338 e. The zero-order chi connectivity index (χ0) is 20.8. The van der Waals surface area contributed by atoms with Gasteiger partial charge in [-0.3, -0.25) is 19.7 Å². The van der Waals surface area contributed by atoms with E-state index in [1.165, 1.54) is 4.68 Å². The summed E-state index contributed by atoms with van der Waals surface area (Å²) in [6.07, 6.45) is 3.77. The van der Waals surface area contributed by atoms with Gasteiger partial charge in [-0.25, -0.2) is 4.68 Å². The second kappa shape index (κ2) is 7.29. The Morgan fingerprint density at radius 1 is 1.17 bits per heavy atom. The molecular formula is C23H21ClN4O2. The molecule has 2 aromatic heterocycles. The fourth-order valence-corrected chi connectivity index (χ4v) is 4.35. The Morgan fingerprint density at radius 3 is 2.73 bits per heavy atom. The molecule has 0 saturated carbocycles. The van der Waals surface area contributed by atoms with Crippen molar-refractivity contribution in [3.63, 3.8) is 0 Å². The van der Waals surface area contributed by atoms with Crippen LogP contribution in [0.1, 0.15) is 30.1 Å². The summed E-state index contributed by atoms with van der Waals surface area (Å²) in [7, 11) is 0. The maximum atomic E-state index is 13.1. The van der Waals surface area contributed by atoms with Crippen LogP contribution in [0.2, 0.25) is 5.02 Å². The maximum Gasteiger partial charge on any atom is 0.280 e. The summed E-state index contributed by atoms with van der Waals surface area (Å²) in [5.41, 5.74) is 2.51. The molecule has 1 aliphatic heterocycles. The molecule has 7 heteroatoms. The number of fused-ring (bicyclic) bond motifs is 3. The zero-order valence-corrected chi connectivity index (χ0v) is 17.3. The highest BCUT2D eigenvalue weighted by Crippen LogP contribution is 2.24. The Kier molecular flexibility index (Phi) is 4.59. The first-order chi connectivity index (χ1) is 14.5. The highest BCUT2D eigenvalue weighted by molar-refractivity contribution is 6.30. The third kappa shape index (κ3) is 3.17. The highest BCUT2D eigenvalue weighted by Gasteiger charge is 2.22. The van der Waals surface area contributed by atoms with Gasteiger partial charge in [-0.1, -0.05) is 18.5 Å². The van der Waals surface area contributed by atoms with Crippen molar-refractivity contribution in [2.75, 3.05) is 13.1 Å². The van der Waals surface area contributed by atoms with Crippen LogP contribution in [0.4, 0.5) is 0 Å². The SMILES string of the molecule is C[C@H]1CCCN(C(=O)c2ccc3ncc4c(=O)n(-c5ccc(Cl)cc5)[nH]c4c3c2)C1. The van der Waals surface area contributed by atoms with Crippen molar-refractivity contribution in [3.05, 3.63) is 69.6 Å². The summed E-state index contributed by atoms with van der Waals surface area (Å²) in [6.45, 7) is 3.74. The second-order valence-electron chi connectivity index (χ2n) is 8.01. The van der Waals surface area contributed by atoms with Crippen LogP contribution < -0.4 is 5.56 Å². The van der Waals surface area contributed by atoms with Crippen molar-refractivity contribution >= 4 is 39.3 Å². The average molecular weight is 421 g/mol. The van der Waals surface area contributed by atoms with Crippen LogP contribution in [-0.2, 0) is 0 Å². The van der Waals surface area contributed by atoms with Crippen LogP contribution in [0.25, 0.3) is 27.5 Å². The van der Waals surface area contributed by atoms with E-state index in [1.54, 1.807) is 30.5 Å². The first-order valence-electron chi connectivity index (χ1n) is 10.1. The lowest BCUT2D eigenvalue weighted by Gasteiger charge is -2.31. The van der Waals surface area contributed by atoms with E-state index >= 15 is 0 Å². The van der Waals surface area contributed by atoms with Gasteiger partial charge in [-0.05, 0) is 61.2 Å². The molecule has 1 N–H and O–H groups in total.